The normalized spacial score (nSPS) is 26.9. The summed E-state index contributed by atoms with van der Waals surface area (Å²) in [7, 11) is 1.76. The maximum atomic E-state index is 11.4. The Kier molecular flexibility index (Phi) is 7.22. The highest BCUT2D eigenvalue weighted by Gasteiger charge is 2.34. The molecule has 0 bridgehead atoms. The van der Waals surface area contributed by atoms with Gasteiger partial charge in [-0.2, -0.15) is 11.8 Å². The second-order valence-electron chi connectivity index (χ2n) is 5.86. The molecule has 1 aliphatic carbocycles. The Morgan fingerprint density at radius 1 is 1.47 bits per heavy atom. The van der Waals surface area contributed by atoms with Gasteiger partial charge in [0.05, 0.1) is 0 Å². The molecule has 0 spiro atoms. The average Bonchev–Trinajstić information content (AvgIpc) is 2.39. The van der Waals surface area contributed by atoms with Gasteiger partial charge in [0.15, 0.2) is 0 Å². The van der Waals surface area contributed by atoms with Crippen molar-refractivity contribution in [2.75, 3.05) is 12.8 Å². The van der Waals surface area contributed by atoms with Gasteiger partial charge in [0.25, 0.3) is 0 Å². The van der Waals surface area contributed by atoms with Gasteiger partial charge in [0, 0.05) is 5.25 Å². The number of carbonyl (C=O) groups is 1. The van der Waals surface area contributed by atoms with Crippen molar-refractivity contribution < 1.29 is 9.90 Å². The van der Waals surface area contributed by atoms with Crippen LogP contribution in [0.2, 0.25) is 0 Å². The first kappa shape index (κ1) is 16.8. The summed E-state index contributed by atoms with van der Waals surface area (Å²) in [5.41, 5.74) is -0.722. The Morgan fingerprint density at radius 3 is 2.74 bits per heavy atom. The van der Waals surface area contributed by atoms with Crippen molar-refractivity contribution in [2.24, 2.45) is 5.92 Å². The van der Waals surface area contributed by atoms with Crippen LogP contribution in [-0.2, 0) is 4.79 Å². The lowest BCUT2D eigenvalue weighted by atomic mass is 9.90. The topological polar surface area (TPSA) is 49.3 Å². The monoisotopic (exact) mass is 287 g/mol. The van der Waals surface area contributed by atoms with Crippen LogP contribution in [0.3, 0.4) is 0 Å². The summed E-state index contributed by atoms with van der Waals surface area (Å²) in [5.74, 6) is 1.25. The minimum absolute atomic E-state index is 0.643. The van der Waals surface area contributed by atoms with E-state index in [9.17, 15) is 9.90 Å². The molecule has 0 aromatic rings. The SMILES string of the molecule is CCC(CCCSC1CCCC(C)C1)(NC)C(=O)O. The van der Waals surface area contributed by atoms with E-state index in [2.05, 4.69) is 24.0 Å². The fourth-order valence-electron chi connectivity index (χ4n) is 3.00. The van der Waals surface area contributed by atoms with Gasteiger partial charge in [0.1, 0.15) is 5.54 Å². The zero-order valence-electron chi connectivity index (χ0n) is 12.6. The van der Waals surface area contributed by atoms with Gasteiger partial charge < -0.3 is 10.4 Å². The second kappa shape index (κ2) is 8.15. The minimum atomic E-state index is -0.722. The summed E-state index contributed by atoms with van der Waals surface area (Å²) < 4.78 is 0. The van der Waals surface area contributed by atoms with Gasteiger partial charge in [-0.15, -0.1) is 0 Å². The molecule has 2 N–H and O–H groups in total. The van der Waals surface area contributed by atoms with E-state index in [4.69, 9.17) is 0 Å². The number of carboxylic acid groups (broad SMARTS) is 1. The summed E-state index contributed by atoms with van der Waals surface area (Å²) in [4.78, 5) is 11.4. The first-order chi connectivity index (χ1) is 9.04. The highest BCUT2D eigenvalue weighted by Crippen LogP contribution is 2.32. The van der Waals surface area contributed by atoms with Crippen LogP contribution in [0.4, 0.5) is 0 Å². The van der Waals surface area contributed by atoms with Gasteiger partial charge in [-0.3, -0.25) is 4.79 Å². The highest BCUT2D eigenvalue weighted by molar-refractivity contribution is 7.99. The molecule has 3 unspecified atom stereocenters. The molecule has 3 atom stereocenters. The molecule has 4 heteroatoms. The van der Waals surface area contributed by atoms with E-state index < -0.39 is 11.5 Å². The van der Waals surface area contributed by atoms with Crippen LogP contribution in [0.1, 0.15) is 58.8 Å². The Morgan fingerprint density at radius 2 is 2.21 bits per heavy atom. The van der Waals surface area contributed by atoms with E-state index in [0.717, 1.165) is 29.8 Å². The molecular weight excluding hydrogens is 258 g/mol. The van der Waals surface area contributed by atoms with Crippen molar-refractivity contribution in [1.82, 2.24) is 5.32 Å². The highest BCUT2D eigenvalue weighted by atomic mass is 32.2. The van der Waals surface area contributed by atoms with Crippen molar-refractivity contribution >= 4 is 17.7 Å². The lowest BCUT2D eigenvalue weighted by molar-refractivity contribution is -0.145. The number of hydrogen-bond acceptors (Lipinski definition) is 3. The van der Waals surface area contributed by atoms with E-state index in [1.807, 2.05) is 6.92 Å². The van der Waals surface area contributed by atoms with Gasteiger partial charge in [-0.05, 0) is 50.8 Å². The van der Waals surface area contributed by atoms with Crippen LogP contribution < -0.4 is 5.32 Å². The zero-order chi connectivity index (χ0) is 14.3. The molecular formula is C15H29NO2S. The summed E-state index contributed by atoms with van der Waals surface area (Å²) >= 11 is 2.05. The molecule has 0 aliphatic heterocycles. The zero-order valence-corrected chi connectivity index (χ0v) is 13.4. The average molecular weight is 287 g/mol. The predicted molar refractivity (Wildman–Crippen MR) is 82.8 cm³/mol. The second-order valence-corrected chi connectivity index (χ2v) is 7.27. The number of likely N-dealkylation sites (N-methyl/N-ethyl adjacent to an activating group) is 1. The number of carboxylic acids is 1. The molecule has 3 nitrogen and oxygen atoms in total. The summed E-state index contributed by atoms with van der Waals surface area (Å²) in [6, 6.07) is 0. The number of thioether (sulfide) groups is 1. The maximum absolute atomic E-state index is 11.4. The predicted octanol–water partition coefficient (Wildman–Crippen LogP) is 3.53. The van der Waals surface area contributed by atoms with Gasteiger partial charge in [-0.1, -0.05) is 26.7 Å². The molecule has 0 heterocycles. The quantitative estimate of drug-likeness (QED) is 0.671. The van der Waals surface area contributed by atoms with Crippen LogP contribution in [0, 0.1) is 5.92 Å². The number of aliphatic carboxylic acids is 1. The molecule has 0 saturated heterocycles. The molecule has 1 saturated carbocycles. The number of hydrogen-bond donors (Lipinski definition) is 2. The van der Waals surface area contributed by atoms with E-state index in [1.54, 1.807) is 7.05 Å². The lowest BCUT2D eigenvalue weighted by Crippen LogP contribution is -2.49. The number of rotatable bonds is 8. The van der Waals surface area contributed by atoms with Gasteiger partial charge >= 0.3 is 5.97 Å². The van der Waals surface area contributed by atoms with E-state index >= 15 is 0 Å². The summed E-state index contributed by atoms with van der Waals surface area (Å²) in [6.07, 6.45) is 7.79. The fourth-order valence-corrected chi connectivity index (χ4v) is 4.44. The third-order valence-corrected chi connectivity index (χ3v) is 5.91. The summed E-state index contributed by atoms with van der Waals surface area (Å²) in [6.45, 7) is 4.29. The molecule has 0 aromatic carbocycles. The lowest BCUT2D eigenvalue weighted by Gasteiger charge is -2.29. The molecule has 0 aromatic heterocycles. The van der Waals surface area contributed by atoms with Crippen LogP contribution in [0.5, 0.6) is 0 Å². The van der Waals surface area contributed by atoms with Crippen LogP contribution in [0.25, 0.3) is 0 Å². The van der Waals surface area contributed by atoms with Crippen LogP contribution in [0.15, 0.2) is 0 Å². The standard InChI is InChI=1S/C15H29NO2S/c1-4-15(16-3,14(17)18)9-6-10-19-13-8-5-7-12(2)11-13/h12-13,16H,4-11H2,1-3H3,(H,17,18). The van der Waals surface area contributed by atoms with Crippen molar-refractivity contribution in [3.05, 3.63) is 0 Å². The molecule has 1 rings (SSSR count). The molecule has 1 aliphatic rings. The minimum Gasteiger partial charge on any atom is -0.480 e. The Bertz CT molecular complexity index is 279. The third-order valence-electron chi connectivity index (χ3n) is 4.48. The Balaban J connectivity index is 2.27. The first-order valence-corrected chi connectivity index (χ1v) is 8.63. The molecule has 1 fully saturated rings. The number of nitrogens with one attached hydrogen (secondary N) is 1. The summed E-state index contributed by atoms with van der Waals surface area (Å²) in [5, 5.41) is 13.1. The molecule has 112 valence electrons. The van der Waals surface area contributed by atoms with E-state index in [-0.39, 0.29) is 0 Å². The van der Waals surface area contributed by atoms with Crippen molar-refractivity contribution in [1.29, 1.82) is 0 Å². The third kappa shape index (κ3) is 4.99. The first-order valence-electron chi connectivity index (χ1n) is 7.58. The van der Waals surface area contributed by atoms with Crippen molar-refractivity contribution in [2.45, 2.75) is 69.6 Å². The fraction of sp³-hybridized carbons (Fsp3) is 0.933. The van der Waals surface area contributed by atoms with E-state index in [1.165, 1.54) is 25.7 Å². The largest absolute Gasteiger partial charge is 0.480 e. The maximum Gasteiger partial charge on any atom is 0.323 e. The van der Waals surface area contributed by atoms with Gasteiger partial charge in [0.2, 0.25) is 0 Å². The molecule has 19 heavy (non-hydrogen) atoms. The Labute approximate surface area is 121 Å². The van der Waals surface area contributed by atoms with Crippen LogP contribution >= 0.6 is 11.8 Å². The van der Waals surface area contributed by atoms with Gasteiger partial charge in [-0.25, -0.2) is 0 Å². The van der Waals surface area contributed by atoms with Crippen molar-refractivity contribution in [3.8, 4) is 0 Å². The molecule has 0 radical (unpaired) electrons. The Hall–Kier alpha value is -0.220. The van der Waals surface area contributed by atoms with Crippen LogP contribution in [-0.4, -0.2) is 34.7 Å². The van der Waals surface area contributed by atoms with Crippen molar-refractivity contribution in [3.63, 3.8) is 0 Å². The van der Waals surface area contributed by atoms with E-state index in [0.29, 0.717) is 6.42 Å². The smallest absolute Gasteiger partial charge is 0.323 e. The molecule has 0 amide bonds.